The topological polar surface area (TPSA) is 72.8 Å². The number of H-pyrrole nitrogens is 1. The van der Waals surface area contributed by atoms with Gasteiger partial charge in [0.2, 0.25) is 0 Å². The number of esters is 1. The lowest BCUT2D eigenvalue weighted by Gasteiger charge is -2.17. The third-order valence-electron chi connectivity index (χ3n) is 4.85. The van der Waals surface area contributed by atoms with Gasteiger partial charge in [-0.25, -0.2) is 4.79 Å². The molecule has 0 amide bonds. The molecule has 0 saturated heterocycles. The van der Waals surface area contributed by atoms with E-state index in [0.717, 1.165) is 25.1 Å². The Kier molecular flexibility index (Phi) is 4.56. The summed E-state index contributed by atoms with van der Waals surface area (Å²) in [5.74, 6) is -0.443. The Morgan fingerprint density at radius 3 is 2.81 bits per heavy atom. The summed E-state index contributed by atoms with van der Waals surface area (Å²) >= 11 is 0. The van der Waals surface area contributed by atoms with Crippen LogP contribution in [0.15, 0.2) is 36.4 Å². The van der Waals surface area contributed by atoms with Crippen LogP contribution in [0.25, 0.3) is 11.4 Å². The number of fused-ring (bicyclic) bond motifs is 1. The monoisotopic (exact) mass is 350 g/mol. The van der Waals surface area contributed by atoms with Gasteiger partial charge in [0.25, 0.3) is 0 Å². The molecule has 1 aliphatic carbocycles. The standard InChI is InChI=1S/C20H22N4O2/c1-2-26-20(25)19-18(21-23-22-19)17-12-15-10-6-7-11-16(15)24(17)13-14-8-4-3-5-9-14/h3-5,8-9,12H,2,6-7,10-11,13H2,1H3,(H,21,22,23). The minimum absolute atomic E-state index is 0.246. The van der Waals surface area contributed by atoms with Crippen LogP contribution in [0.1, 0.15) is 47.1 Å². The molecule has 0 spiro atoms. The van der Waals surface area contributed by atoms with Crippen LogP contribution < -0.4 is 0 Å². The number of aromatic nitrogens is 4. The van der Waals surface area contributed by atoms with Crippen LogP contribution >= 0.6 is 0 Å². The van der Waals surface area contributed by atoms with E-state index in [1.54, 1.807) is 6.92 Å². The fourth-order valence-electron chi connectivity index (χ4n) is 3.66. The van der Waals surface area contributed by atoms with E-state index in [2.05, 4.69) is 38.2 Å². The summed E-state index contributed by atoms with van der Waals surface area (Å²) in [6.07, 6.45) is 4.51. The maximum Gasteiger partial charge on any atom is 0.361 e. The normalized spacial score (nSPS) is 13.4. The average molecular weight is 350 g/mol. The van der Waals surface area contributed by atoms with Crippen LogP contribution in [0.2, 0.25) is 0 Å². The Morgan fingerprint density at radius 1 is 1.19 bits per heavy atom. The molecule has 2 heterocycles. The highest BCUT2D eigenvalue weighted by Crippen LogP contribution is 2.32. The van der Waals surface area contributed by atoms with E-state index < -0.39 is 5.97 Å². The predicted molar refractivity (Wildman–Crippen MR) is 98.0 cm³/mol. The summed E-state index contributed by atoms with van der Waals surface area (Å²) in [5.41, 5.74) is 5.65. The van der Waals surface area contributed by atoms with E-state index in [9.17, 15) is 4.79 Å². The second-order valence-electron chi connectivity index (χ2n) is 6.52. The molecule has 0 unspecified atom stereocenters. The number of hydrogen-bond donors (Lipinski definition) is 1. The van der Waals surface area contributed by atoms with Gasteiger partial charge in [0.1, 0.15) is 5.69 Å². The lowest BCUT2D eigenvalue weighted by molar-refractivity contribution is 0.0520. The SMILES string of the molecule is CCOC(=O)c1n[nH]nc1-c1cc2c(n1Cc1ccccc1)CCCC2. The van der Waals surface area contributed by atoms with Crippen molar-refractivity contribution in [1.29, 1.82) is 0 Å². The highest BCUT2D eigenvalue weighted by molar-refractivity contribution is 5.93. The smallest absolute Gasteiger partial charge is 0.361 e. The Morgan fingerprint density at radius 2 is 2.00 bits per heavy atom. The van der Waals surface area contributed by atoms with Gasteiger partial charge in [-0.05, 0) is 49.8 Å². The van der Waals surface area contributed by atoms with E-state index in [4.69, 9.17) is 4.74 Å². The van der Waals surface area contributed by atoms with Gasteiger partial charge in [-0.1, -0.05) is 30.3 Å². The lowest BCUT2D eigenvalue weighted by atomic mass is 9.98. The number of aryl methyl sites for hydroxylation is 1. The Hall–Kier alpha value is -2.89. The summed E-state index contributed by atoms with van der Waals surface area (Å²) < 4.78 is 7.42. The fraction of sp³-hybridized carbons (Fsp3) is 0.350. The molecule has 0 aliphatic heterocycles. The first-order valence-corrected chi connectivity index (χ1v) is 9.11. The van der Waals surface area contributed by atoms with Gasteiger partial charge in [-0.2, -0.15) is 10.3 Å². The van der Waals surface area contributed by atoms with E-state index in [0.29, 0.717) is 12.3 Å². The third kappa shape index (κ3) is 3.03. The first kappa shape index (κ1) is 16.6. The van der Waals surface area contributed by atoms with Gasteiger partial charge >= 0.3 is 5.97 Å². The second kappa shape index (κ2) is 7.15. The fourth-order valence-corrected chi connectivity index (χ4v) is 3.66. The van der Waals surface area contributed by atoms with Gasteiger partial charge in [-0.15, -0.1) is 5.10 Å². The molecule has 0 atom stereocenters. The van der Waals surface area contributed by atoms with Crippen molar-refractivity contribution in [2.24, 2.45) is 0 Å². The molecule has 26 heavy (non-hydrogen) atoms. The van der Waals surface area contributed by atoms with Crippen LogP contribution in [-0.2, 0) is 24.1 Å². The van der Waals surface area contributed by atoms with E-state index in [-0.39, 0.29) is 5.69 Å². The number of rotatable bonds is 5. The van der Waals surface area contributed by atoms with Gasteiger partial charge in [0.05, 0.1) is 12.3 Å². The number of carbonyl (C=O) groups is 1. The molecule has 1 aromatic carbocycles. The molecule has 6 heteroatoms. The summed E-state index contributed by atoms with van der Waals surface area (Å²) in [6, 6.07) is 12.5. The number of benzene rings is 1. The number of hydrogen-bond acceptors (Lipinski definition) is 4. The highest BCUT2D eigenvalue weighted by atomic mass is 16.5. The van der Waals surface area contributed by atoms with Crippen molar-refractivity contribution in [3.8, 4) is 11.4 Å². The third-order valence-corrected chi connectivity index (χ3v) is 4.85. The molecule has 6 nitrogen and oxygen atoms in total. The number of carbonyl (C=O) groups excluding carboxylic acids is 1. The van der Waals surface area contributed by atoms with Crippen LogP contribution in [0, 0.1) is 0 Å². The molecule has 1 aliphatic rings. The number of nitrogens with one attached hydrogen (secondary N) is 1. The number of ether oxygens (including phenoxy) is 1. The molecular weight excluding hydrogens is 328 g/mol. The molecule has 0 fully saturated rings. The zero-order valence-electron chi connectivity index (χ0n) is 14.9. The van der Waals surface area contributed by atoms with Crippen molar-refractivity contribution in [3.63, 3.8) is 0 Å². The Bertz CT molecular complexity index is 911. The maximum absolute atomic E-state index is 12.3. The number of aromatic amines is 1. The molecule has 0 saturated carbocycles. The second-order valence-corrected chi connectivity index (χ2v) is 6.52. The maximum atomic E-state index is 12.3. The zero-order chi connectivity index (χ0) is 17.9. The van der Waals surface area contributed by atoms with Crippen molar-refractivity contribution >= 4 is 5.97 Å². The van der Waals surface area contributed by atoms with Crippen molar-refractivity contribution < 1.29 is 9.53 Å². The van der Waals surface area contributed by atoms with E-state index in [1.807, 2.05) is 18.2 Å². The van der Waals surface area contributed by atoms with Crippen LogP contribution in [-0.4, -0.2) is 32.6 Å². The van der Waals surface area contributed by atoms with Crippen molar-refractivity contribution in [2.45, 2.75) is 39.2 Å². The molecule has 3 aromatic rings. The minimum atomic E-state index is -0.443. The quantitative estimate of drug-likeness (QED) is 0.716. The van der Waals surface area contributed by atoms with E-state index >= 15 is 0 Å². The van der Waals surface area contributed by atoms with Crippen LogP contribution in [0.3, 0.4) is 0 Å². The highest BCUT2D eigenvalue weighted by Gasteiger charge is 2.25. The van der Waals surface area contributed by atoms with Gasteiger partial charge in [-0.3, -0.25) is 0 Å². The van der Waals surface area contributed by atoms with Crippen molar-refractivity contribution in [3.05, 3.63) is 58.9 Å². The molecule has 2 aromatic heterocycles. The molecule has 0 bridgehead atoms. The Labute approximate surface area is 152 Å². The molecular formula is C20H22N4O2. The molecule has 1 N–H and O–H groups in total. The molecule has 4 rings (SSSR count). The summed E-state index contributed by atoms with van der Waals surface area (Å²) in [5, 5.41) is 10.9. The largest absolute Gasteiger partial charge is 0.461 e. The summed E-state index contributed by atoms with van der Waals surface area (Å²) in [7, 11) is 0. The first-order chi connectivity index (χ1) is 12.8. The average Bonchev–Trinajstić information content (AvgIpc) is 3.28. The Balaban J connectivity index is 1.80. The molecule has 134 valence electrons. The van der Waals surface area contributed by atoms with E-state index in [1.165, 1.54) is 29.7 Å². The minimum Gasteiger partial charge on any atom is -0.461 e. The predicted octanol–water partition coefficient (Wildman–Crippen LogP) is 3.38. The zero-order valence-corrected chi connectivity index (χ0v) is 14.9. The van der Waals surface area contributed by atoms with Crippen LogP contribution in [0.4, 0.5) is 0 Å². The number of nitrogens with zero attached hydrogens (tertiary/aromatic N) is 3. The van der Waals surface area contributed by atoms with Crippen LogP contribution in [0.5, 0.6) is 0 Å². The van der Waals surface area contributed by atoms with Crippen molar-refractivity contribution in [1.82, 2.24) is 20.0 Å². The van der Waals surface area contributed by atoms with Gasteiger partial charge in [0.15, 0.2) is 5.69 Å². The summed E-state index contributed by atoms with van der Waals surface area (Å²) in [6.45, 7) is 2.85. The van der Waals surface area contributed by atoms with Gasteiger partial charge < -0.3 is 9.30 Å². The summed E-state index contributed by atoms with van der Waals surface area (Å²) in [4.78, 5) is 12.3. The first-order valence-electron chi connectivity index (χ1n) is 9.11. The molecule has 0 radical (unpaired) electrons. The van der Waals surface area contributed by atoms with Gasteiger partial charge in [0, 0.05) is 12.2 Å². The lowest BCUT2D eigenvalue weighted by Crippen LogP contribution is -2.12. The van der Waals surface area contributed by atoms with Crippen molar-refractivity contribution in [2.75, 3.05) is 6.61 Å².